The average molecular weight is 233 g/mol. The van der Waals surface area contributed by atoms with E-state index in [0.29, 0.717) is 25.0 Å². The largest absolute Gasteiger partial charge is 0.507 e. The third-order valence-electron chi connectivity index (χ3n) is 2.74. The first-order valence-corrected chi connectivity index (χ1v) is 5.74. The molecule has 0 radical (unpaired) electrons. The monoisotopic (exact) mass is 233 g/mol. The van der Waals surface area contributed by atoms with Crippen molar-refractivity contribution in [2.45, 2.75) is 25.8 Å². The molecule has 1 aromatic carbocycles. The molecular weight excluding hydrogens is 218 g/mol. The number of nitrogens with zero attached hydrogens (tertiary/aromatic N) is 1. The topological polar surface area (TPSA) is 58.9 Å². The van der Waals surface area contributed by atoms with E-state index in [1.165, 1.54) is 0 Å². The van der Waals surface area contributed by atoms with Crippen molar-refractivity contribution in [2.75, 3.05) is 6.61 Å². The Morgan fingerprint density at radius 3 is 3.00 bits per heavy atom. The van der Waals surface area contributed by atoms with Crippen molar-refractivity contribution >= 4 is 11.7 Å². The van der Waals surface area contributed by atoms with E-state index in [1.54, 1.807) is 19.1 Å². The van der Waals surface area contributed by atoms with Gasteiger partial charge in [0.1, 0.15) is 11.8 Å². The average Bonchev–Trinajstić information content (AvgIpc) is 2.79. The summed E-state index contributed by atoms with van der Waals surface area (Å²) >= 11 is 0. The molecule has 4 heteroatoms. The van der Waals surface area contributed by atoms with Crippen molar-refractivity contribution < 1.29 is 14.6 Å². The summed E-state index contributed by atoms with van der Waals surface area (Å²) in [6, 6.07) is 6.62. The molecule has 0 unspecified atom stereocenters. The number of aliphatic imine (C=N–C) groups is 1. The van der Waals surface area contributed by atoms with Crippen molar-refractivity contribution in [3.8, 4) is 5.75 Å². The Kier molecular flexibility index (Phi) is 3.42. The molecule has 90 valence electrons. The summed E-state index contributed by atoms with van der Waals surface area (Å²) < 4.78 is 4.93. The molecule has 0 spiro atoms. The van der Waals surface area contributed by atoms with E-state index in [4.69, 9.17) is 4.74 Å². The molecule has 1 heterocycles. The zero-order chi connectivity index (χ0) is 12.3. The van der Waals surface area contributed by atoms with Gasteiger partial charge in [0.2, 0.25) is 0 Å². The zero-order valence-electron chi connectivity index (χ0n) is 9.72. The molecule has 1 aliphatic heterocycles. The van der Waals surface area contributed by atoms with Gasteiger partial charge in [-0.05, 0) is 31.9 Å². The van der Waals surface area contributed by atoms with E-state index in [2.05, 4.69) is 4.99 Å². The van der Waals surface area contributed by atoms with Crippen molar-refractivity contribution in [3.05, 3.63) is 29.8 Å². The van der Waals surface area contributed by atoms with Crippen LogP contribution in [0.25, 0.3) is 0 Å². The minimum Gasteiger partial charge on any atom is -0.507 e. The standard InChI is InChI=1S/C13H15NO3/c1-2-17-13(16)11-8-7-10(14-11)9-5-3-4-6-12(9)15/h3-6,11,15H,2,7-8H2,1H3/t11-/m0/s1. The highest BCUT2D eigenvalue weighted by atomic mass is 16.5. The fourth-order valence-electron chi connectivity index (χ4n) is 1.92. The summed E-state index contributed by atoms with van der Waals surface area (Å²) in [5.41, 5.74) is 1.49. The van der Waals surface area contributed by atoms with Gasteiger partial charge in [-0.2, -0.15) is 0 Å². The first-order chi connectivity index (χ1) is 8.22. The number of esters is 1. The van der Waals surface area contributed by atoms with Crippen molar-refractivity contribution in [1.29, 1.82) is 0 Å². The molecule has 0 saturated carbocycles. The van der Waals surface area contributed by atoms with Crippen LogP contribution < -0.4 is 0 Å². The fourth-order valence-corrected chi connectivity index (χ4v) is 1.92. The van der Waals surface area contributed by atoms with E-state index in [0.717, 1.165) is 5.71 Å². The lowest BCUT2D eigenvalue weighted by Gasteiger charge is -2.04. The molecule has 2 rings (SSSR count). The molecule has 1 N–H and O–H groups in total. The highest BCUT2D eigenvalue weighted by molar-refractivity contribution is 6.05. The normalized spacial score (nSPS) is 18.9. The maximum atomic E-state index is 11.5. The number of para-hydroxylation sites is 1. The molecule has 1 aromatic rings. The minimum absolute atomic E-state index is 0.204. The summed E-state index contributed by atoms with van der Waals surface area (Å²) in [6.45, 7) is 2.15. The van der Waals surface area contributed by atoms with Crippen LogP contribution in [0.4, 0.5) is 0 Å². The number of aromatic hydroxyl groups is 1. The number of rotatable bonds is 3. The smallest absolute Gasteiger partial charge is 0.330 e. The predicted octanol–water partition coefficient (Wildman–Crippen LogP) is 1.91. The van der Waals surface area contributed by atoms with Gasteiger partial charge in [-0.15, -0.1) is 0 Å². The Morgan fingerprint density at radius 2 is 2.29 bits per heavy atom. The molecule has 0 saturated heterocycles. The molecule has 0 amide bonds. The van der Waals surface area contributed by atoms with Crippen LogP contribution in [0.2, 0.25) is 0 Å². The Hall–Kier alpha value is -1.84. The van der Waals surface area contributed by atoms with Crippen molar-refractivity contribution in [1.82, 2.24) is 0 Å². The molecule has 0 aliphatic carbocycles. The summed E-state index contributed by atoms with van der Waals surface area (Å²) in [5.74, 6) is -0.0753. The molecule has 17 heavy (non-hydrogen) atoms. The molecule has 1 aliphatic rings. The van der Waals surface area contributed by atoms with Gasteiger partial charge in [0.25, 0.3) is 0 Å². The van der Waals surface area contributed by atoms with Gasteiger partial charge >= 0.3 is 5.97 Å². The summed E-state index contributed by atoms with van der Waals surface area (Å²) in [5, 5.41) is 9.70. The molecule has 0 aromatic heterocycles. The van der Waals surface area contributed by atoms with Crippen LogP contribution in [-0.4, -0.2) is 29.4 Å². The Morgan fingerprint density at radius 1 is 1.53 bits per heavy atom. The number of ether oxygens (including phenoxy) is 1. The van der Waals surface area contributed by atoms with Crippen LogP contribution in [0, 0.1) is 0 Å². The third kappa shape index (κ3) is 2.46. The lowest BCUT2D eigenvalue weighted by molar-refractivity contribution is -0.144. The third-order valence-corrected chi connectivity index (χ3v) is 2.74. The second kappa shape index (κ2) is 4.99. The highest BCUT2D eigenvalue weighted by Gasteiger charge is 2.26. The zero-order valence-corrected chi connectivity index (χ0v) is 9.72. The van der Waals surface area contributed by atoms with Gasteiger partial charge in [0, 0.05) is 11.3 Å². The van der Waals surface area contributed by atoms with Crippen LogP contribution in [-0.2, 0) is 9.53 Å². The maximum absolute atomic E-state index is 11.5. The summed E-state index contributed by atoms with van der Waals surface area (Å²) in [4.78, 5) is 15.8. The second-order valence-electron chi connectivity index (χ2n) is 3.90. The lowest BCUT2D eigenvalue weighted by atomic mass is 10.1. The fraction of sp³-hybridized carbons (Fsp3) is 0.385. The van der Waals surface area contributed by atoms with Gasteiger partial charge in [-0.25, -0.2) is 4.79 Å². The molecule has 0 fully saturated rings. The van der Waals surface area contributed by atoms with Gasteiger partial charge in [0.15, 0.2) is 0 Å². The Labute approximate surface area is 99.9 Å². The van der Waals surface area contributed by atoms with Crippen LogP contribution in [0.5, 0.6) is 5.75 Å². The van der Waals surface area contributed by atoms with Crippen LogP contribution in [0.3, 0.4) is 0 Å². The van der Waals surface area contributed by atoms with Gasteiger partial charge in [-0.3, -0.25) is 4.99 Å². The molecule has 4 nitrogen and oxygen atoms in total. The number of carbonyl (C=O) groups excluding carboxylic acids is 1. The second-order valence-corrected chi connectivity index (χ2v) is 3.90. The van der Waals surface area contributed by atoms with Crippen LogP contribution in [0.1, 0.15) is 25.3 Å². The SMILES string of the molecule is CCOC(=O)[C@@H]1CCC(c2ccccc2O)=N1. The van der Waals surface area contributed by atoms with E-state index < -0.39 is 6.04 Å². The predicted molar refractivity (Wildman–Crippen MR) is 64.3 cm³/mol. The number of hydrogen-bond donors (Lipinski definition) is 1. The Bertz CT molecular complexity index is 454. The van der Waals surface area contributed by atoms with Gasteiger partial charge in [0.05, 0.1) is 6.61 Å². The van der Waals surface area contributed by atoms with E-state index >= 15 is 0 Å². The van der Waals surface area contributed by atoms with Gasteiger partial charge in [-0.1, -0.05) is 12.1 Å². The first kappa shape index (κ1) is 11.6. The number of phenols is 1. The summed E-state index contributed by atoms with van der Waals surface area (Å²) in [7, 11) is 0. The molecule has 0 bridgehead atoms. The lowest BCUT2D eigenvalue weighted by Crippen LogP contribution is -2.18. The van der Waals surface area contributed by atoms with Crippen LogP contribution in [0.15, 0.2) is 29.3 Å². The van der Waals surface area contributed by atoms with E-state index in [1.807, 2.05) is 12.1 Å². The van der Waals surface area contributed by atoms with E-state index in [-0.39, 0.29) is 11.7 Å². The van der Waals surface area contributed by atoms with E-state index in [9.17, 15) is 9.90 Å². The number of carbonyl (C=O) groups is 1. The highest BCUT2D eigenvalue weighted by Crippen LogP contribution is 2.25. The number of hydrogen-bond acceptors (Lipinski definition) is 4. The quantitative estimate of drug-likeness (QED) is 0.811. The molecular formula is C13H15NO3. The maximum Gasteiger partial charge on any atom is 0.330 e. The van der Waals surface area contributed by atoms with Crippen molar-refractivity contribution in [2.24, 2.45) is 4.99 Å². The minimum atomic E-state index is -0.412. The Balaban J connectivity index is 2.17. The molecule has 1 atom stereocenters. The van der Waals surface area contributed by atoms with Gasteiger partial charge < -0.3 is 9.84 Å². The van der Waals surface area contributed by atoms with Crippen LogP contribution >= 0.6 is 0 Å². The van der Waals surface area contributed by atoms with Crippen molar-refractivity contribution in [3.63, 3.8) is 0 Å². The number of benzene rings is 1. The number of phenolic OH excluding ortho intramolecular Hbond substituents is 1. The summed E-state index contributed by atoms with van der Waals surface area (Å²) in [6.07, 6.45) is 1.35. The first-order valence-electron chi connectivity index (χ1n) is 5.74.